The topological polar surface area (TPSA) is 34.6 Å². The summed E-state index contributed by atoms with van der Waals surface area (Å²) in [6.07, 6.45) is 12.1. The largest absolute Gasteiger partial charge is 0.241 e. The molecule has 0 aliphatic carbocycles. The van der Waals surface area contributed by atoms with Gasteiger partial charge in [0.1, 0.15) is 0 Å². The van der Waals surface area contributed by atoms with Crippen molar-refractivity contribution < 1.29 is 0 Å². The highest BCUT2D eigenvalue weighted by atomic mass is 15.2. The van der Waals surface area contributed by atoms with E-state index in [9.17, 15) is 0 Å². The average molecular weight is 288 g/mol. The van der Waals surface area contributed by atoms with Gasteiger partial charge in [0, 0.05) is 29.4 Å². The molecule has 0 N–H and O–H groups in total. The number of allylic oxidation sites excluding steroid dienone is 1. The molecular weight excluding hydrogens is 272 g/mol. The summed E-state index contributed by atoms with van der Waals surface area (Å²) in [6.45, 7) is 2.19. The summed E-state index contributed by atoms with van der Waals surface area (Å²) >= 11 is 0. The van der Waals surface area contributed by atoms with Gasteiger partial charge in [0.2, 0.25) is 0 Å². The lowest BCUT2D eigenvalue weighted by Crippen LogP contribution is -1.89. The number of hydrogen-bond donors (Lipinski definition) is 0. The van der Waals surface area contributed by atoms with Gasteiger partial charge >= 0.3 is 0 Å². The second-order valence-corrected chi connectivity index (χ2v) is 5.41. The number of pyridine rings is 2. The van der Waals surface area contributed by atoms with Gasteiger partial charge in [-0.05, 0) is 24.3 Å². The van der Waals surface area contributed by atoms with Crippen LogP contribution in [0.2, 0.25) is 0 Å². The predicted molar refractivity (Wildman–Crippen MR) is 87.8 cm³/mol. The Morgan fingerprint density at radius 3 is 2.41 bits per heavy atom. The van der Waals surface area contributed by atoms with E-state index >= 15 is 0 Å². The summed E-state index contributed by atoms with van der Waals surface area (Å²) in [5.41, 5.74) is 4.63. The van der Waals surface area contributed by atoms with E-state index in [1.165, 1.54) is 5.56 Å². The lowest BCUT2D eigenvalue weighted by molar-refractivity contribution is 0.961. The van der Waals surface area contributed by atoms with Crippen LogP contribution in [0.4, 0.5) is 0 Å². The van der Waals surface area contributed by atoms with E-state index in [4.69, 9.17) is 0 Å². The standard InChI is InChI=1S/C18H16N4/c1-14(16-13-20-22-11-5-3-7-18(16)22)8-9-15-12-19-21-10-4-2-6-17(15)21/h2-14H,1H3. The first kappa shape index (κ1) is 12.8. The first-order valence-electron chi connectivity index (χ1n) is 7.36. The van der Waals surface area contributed by atoms with E-state index in [1.54, 1.807) is 0 Å². The molecule has 0 radical (unpaired) electrons. The molecular formula is C18H16N4. The summed E-state index contributed by atoms with van der Waals surface area (Å²) in [4.78, 5) is 0. The maximum Gasteiger partial charge on any atom is 0.0733 e. The van der Waals surface area contributed by atoms with Gasteiger partial charge < -0.3 is 0 Å². The van der Waals surface area contributed by atoms with E-state index in [0.717, 1.165) is 16.6 Å². The van der Waals surface area contributed by atoms with Gasteiger partial charge in [-0.1, -0.05) is 31.2 Å². The molecule has 0 saturated carbocycles. The van der Waals surface area contributed by atoms with Crippen molar-refractivity contribution in [2.24, 2.45) is 0 Å². The Balaban J connectivity index is 1.68. The molecule has 4 heteroatoms. The molecule has 0 spiro atoms. The van der Waals surface area contributed by atoms with Crippen molar-refractivity contribution >= 4 is 17.1 Å². The SMILES string of the molecule is CC(C=Cc1cnn2ccccc12)c1cnn2ccccc12. The normalized spacial score (nSPS) is 13.3. The third-order valence-electron chi connectivity index (χ3n) is 3.97. The molecule has 4 nitrogen and oxygen atoms in total. The molecule has 4 aromatic rings. The molecule has 0 aliphatic rings. The minimum absolute atomic E-state index is 0.290. The third-order valence-corrected chi connectivity index (χ3v) is 3.97. The zero-order valence-electron chi connectivity index (χ0n) is 12.3. The van der Waals surface area contributed by atoms with E-state index in [2.05, 4.69) is 41.4 Å². The van der Waals surface area contributed by atoms with Crippen LogP contribution in [0, 0.1) is 0 Å². The average Bonchev–Trinajstić information content (AvgIpc) is 3.17. The van der Waals surface area contributed by atoms with Crippen LogP contribution in [-0.4, -0.2) is 19.2 Å². The van der Waals surface area contributed by atoms with Gasteiger partial charge in [0.15, 0.2) is 0 Å². The lowest BCUT2D eigenvalue weighted by Gasteiger charge is -2.04. The third kappa shape index (κ3) is 2.09. The highest BCUT2D eigenvalue weighted by Crippen LogP contribution is 2.23. The second kappa shape index (κ2) is 5.15. The Kier molecular flexibility index (Phi) is 3.00. The van der Waals surface area contributed by atoms with Crippen LogP contribution in [0.15, 0.2) is 67.3 Å². The lowest BCUT2D eigenvalue weighted by atomic mass is 10.0. The fraction of sp³-hybridized carbons (Fsp3) is 0.111. The molecule has 4 aromatic heterocycles. The molecule has 4 heterocycles. The number of fused-ring (bicyclic) bond motifs is 2. The van der Waals surface area contributed by atoms with Crippen LogP contribution in [0.3, 0.4) is 0 Å². The summed E-state index contributed by atoms with van der Waals surface area (Å²) < 4.78 is 3.80. The smallest absolute Gasteiger partial charge is 0.0733 e. The highest BCUT2D eigenvalue weighted by molar-refractivity contribution is 5.69. The fourth-order valence-electron chi connectivity index (χ4n) is 2.74. The molecule has 1 atom stereocenters. The molecule has 4 rings (SSSR count). The van der Waals surface area contributed by atoms with Gasteiger partial charge in [-0.3, -0.25) is 0 Å². The van der Waals surface area contributed by atoms with E-state index < -0.39 is 0 Å². The van der Waals surface area contributed by atoms with Crippen molar-refractivity contribution in [1.82, 2.24) is 19.2 Å². The molecule has 0 fully saturated rings. The van der Waals surface area contributed by atoms with Gasteiger partial charge in [-0.2, -0.15) is 10.2 Å². The Hall–Kier alpha value is -2.88. The van der Waals surface area contributed by atoms with Crippen LogP contribution in [0.5, 0.6) is 0 Å². The molecule has 0 aromatic carbocycles. The van der Waals surface area contributed by atoms with Crippen LogP contribution in [0.25, 0.3) is 17.1 Å². The maximum absolute atomic E-state index is 4.40. The maximum atomic E-state index is 4.40. The van der Waals surface area contributed by atoms with Crippen molar-refractivity contribution in [1.29, 1.82) is 0 Å². The number of nitrogens with zero attached hydrogens (tertiary/aromatic N) is 4. The molecule has 0 bridgehead atoms. The first-order chi connectivity index (χ1) is 10.8. The van der Waals surface area contributed by atoms with Gasteiger partial charge in [0.25, 0.3) is 0 Å². The Morgan fingerprint density at radius 2 is 1.59 bits per heavy atom. The molecule has 22 heavy (non-hydrogen) atoms. The predicted octanol–water partition coefficient (Wildman–Crippen LogP) is 3.80. The number of hydrogen-bond acceptors (Lipinski definition) is 2. The van der Waals surface area contributed by atoms with E-state index in [1.807, 2.05) is 58.1 Å². The number of rotatable bonds is 3. The minimum Gasteiger partial charge on any atom is -0.241 e. The molecule has 1 unspecified atom stereocenters. The van der Waals surface area contributed by atoms with Crippen LogP contribution in [0.1, 0.15) is 24.0 Å². The first-order valence-corrected chi connectivity index (χ1v) is 7.36. The van der Waals surface area contributed by atoms with Crippen molar-refractivity contribution in [3.8, 4) is 0 Å². The van der Waals surface area contributed by atoms with Crippen LogP contribution in [-0.2, 0) is 0 Å². The van der Waals surface area contributed by atoms with Crippen molar-refractivity contribution in [2.75, 3.05) is 0 Å². The fourth-order valence-corrected chi connectivity index (χ4v) is 2.74. The molecule has 0 amide bonds. The van der Waals surface area contributed by atoms with Crippen LogP contribution >= 0.6 is 0 Å². The Bertz CT molecular complexity index is 961. The number of aromatic nitrogens is 4. The second-order valence-electron chi connectivity index (χ2n) is 5.41. The van der Waals surface area contributed by atoms with E-state index in [-0.39, 0.29) is 0 Å². The van der Waals surface area contributed by atoms with Crippen molar-refractivity contribution in [3.63, 3.8) is 0 Å². The summed E-state index contributed by atoms with van der Waals surface area (Å²) in [6, 6.07) is 12.2. The summed E-state index contributed by atoms with van der Waals surface area (Å²) in [5.74, 6) is 0.290. The van der Waals surface area contributed by atoms with Gasteiger partial charge in [-0.15, -0.1) is 0 Å². The van der Waals surface area contributed by atoms with Crippen molar-refractivity contribution in [2.45, 2.75) is 12.8 Å². The van der Waals surface area contributed by atoms with Gasteiger partial charge in [-0.25, -0.2) is 9.03 Å². The summed E-state index contributed by atoms with van der Waals surface area (Å²) in [5, 5.41) is 8.76. The minimum atomic E-state index is 0.290. The Morgan fingerprint density at radius 1 is 0.909 bits per heavy atom. The Labute approximate surface area is 128 Å². The monoisotopic (exact) mass is 288 g/mol. The van der Waals surface area contributed by atoms with E-state index in [0.29, 0.717) is 5.92 Å². The highest BCUT2D eigenvalue weighted by Gasteiger charge is 2.09. The molecule has 0 saturated heterocycles. The van der Waals surface area contributed by atoms with Gasteiger partial charge in [0.05, 0.1) is 23.4 Å². The zero-order chi connectivity index (χ0) is 14.9. The molecule has 0 aliphatic heterocycles. The quantitative estimate of drug-likeness (QED) is 0.574. The summed E-state index contributed by atoms with van der Waals surface area (Å²) in [7, 11) is 0. The van der Waals surface area contributed by atoms with Crippen LogP contribution < -0.4 is 0 Å². The zero-order valence-corrected chi connectivity index (χ0v) is 12.3. The molecule has 108 valence electrons. The van der Waals surface area contributed by atoms with Crippen molar-refractivity contribution in [3.05, 3.63) is 78.4 Å².